The molecule has 18 heavy (non-hydrogen) atoms. The topological polar surface area (TPSA) is 65.7 Å². The second kappa shape index (κ2) is 9.16. The largest absolute Gasteiger partial charge is 0.355 e. The molecule has 0 atom stereocenters. The van der Waals surface area contributed by atoms with Gasteiger partial charge in [-0.1, -0.05) is 20.3 Å². The molecule has 1 fully saturated rings. The fourth-order valence-corrected chi connectivity index (χ4v) is 2.24. The van der Waals surface area contributed by atoms with Crippen molar-refractivity contribution in [2.45, 2.75) is 39.5 Å². The first-order valence-electron chi connectivity index (χ1n) is 7.27. The van der Waals surface area contributed by atoms with Gasteiger partial charge in [0.2, 0.25) is 5.96 Å². The maximum absolute atomic E-state index is 5.46. The number of rotatable bonds is 6. The number of nitrogens with zero attached hydrogens (tertiary/aromatic N) is 2. The van der Waals surface area contributed by atoms with Crippen LogP contribution in [-0.2, 0) is 0 Å². The molecule has 5 heteroatoms. The summed E-state index contributed by atoms with van der Waals surface area (Å²) in [4.78, 5) is 7.04. The number of nitrogens with one attached hydrogen (secondary N) is 2. The molecule has 0 aromatic heterocycles. The van der Waals surface area contributed by atoms with E-state index in [-0.39, 0.29) is 0 Å². The van der Waals surface area contributed by atoms with Crippen molar-refractivity contribution in [1.29, 1.82) is 0 Å². The van der Waals surface area contributed by atoms with E-state index in [4.69, 9.17) is 5.84 Å². The predicted molar refractivity (Wildman–Crippen MR) is 77.4 cm³/mol. The van der Waals surface area contributed by atoms with E-state index in [9.17, 15) is 0 Å². The summed E-state index contributed by atoms with van der Waals surface area (Å²) in [6.07, 6.45) is 4.84. The van der Waals surface area contributed by atoms with Crippen LogP contribution in [0.1, 0.15) is 39.5 Å². The summed E-state index contributed by atoms with van der Waals surface area (Å²) in [5, 5.41) is 3.23. The molecule has 1 aliphatic rings. The fraction of sp³-hybridized carbons (Fsp3) is 0.923. The number of likely N-dealkylation sites (tertiary alicyclic amines) is 1. The van der Waals surface area contributed by atoms with Crippen LogP contribution in [0.5, 0.6) is 0 Å². The fourth-order valence-electron chi connectivity index (χ4n) is 2.24. The molecular weight excluding hydrogens is 226 g/mol. The molecule has 1 rings (SSSR count). The zero-order chi connectivity index (χ0) is 13.2. The highest BCUT2D eigenvalue weighted by Crippen LogP contribution is 2.16. The predicted octanol–water partition coefficient (Wildman–Crippen LogP) is 0.927. The van der Waals surface area contributed by atoms with Crippen molar-refractivity contribution >= 4 is 5.96 Å². The van der Waals surface area contributed by atoms with Crippen LogP contribution in [0.4, 0.5) is 0 Å². The lowest BCUT2D eigenvalue weighted by Gasteiger charge is -2.30. The molecule has 106 valence electrons. The van der Waals surface area contributed by atoms with Gasteiger partial charge in [0.05, 0.1) is 0 Å². The third kappa shape index (κ3) is 5.69. The van der Waals surface area contributed by atoms with Crippen LogP contribution in [0.25, 0.3) is 0 Å². The van der Waals surface area contributed by atoms with Gasteiger partial charge in [-0.15, -0.1) is 0 Å². The highest BCUT2D eigenvalue weighted by molar-refractivity contribution is 5.79. The Balaban J connectivity index is 2.24. The van der Waals surface area contributed by atoms with Crippen molar-refractivity contribution in [3.05, 3.63) is 0 Å². The van der Waals surface area contributed by atoms with Crippen LogP contribution in [0.15, 0.2) is 4.99 Å². The van der Waals surface area contributed by atoms with E-state index >= 15 is 0 Å². The van der Waals surface area contributed by atoms with Crippen molar-refractivity contribution in [3.8, 4) is 0 Å². The normalized spacial score (nSPS) is 18.9. The SMILES string of the molecule is CCCCNC(=NCC1CCN(CC)CC1)NN. The average Bonchev–Trinajstić information content (AvgIpc) is 2.43. The first-order valence-corrected chi connectivity index (χ1v) is 7.27. The molecule has 1 aliphatic heterocycles. The van der Waals surface area contributed by atoms with Gasteiger partial charge in [-0.2, -0.15) is 0 Å². The number of guanidine groups is 1. The van der Waals surface area contributed by atoms with E-state index in [0.717, 1.165) is 25.5 Å². The van der Waals surface area contributed by atoms with E-state index in [1.807, 2.05) is 0 Å². The molecular formula is C13H29N5. The lowest BCUT2D eigenvalue weighted by molar-refractivity contribution is 0.196. The molecule has 0 spiro atoms. The van der Waals surface area contributed by atoms with Gasteiger partial charge in [-0.25, -0.2) is 5.84 Å². The summed E-state index contributed by atoms with van der Waals surface area (Å²) >= 11 is 0. The quantitative estimate of drug-likeness (QED) is 0.217. The summed E-state index contributed by atoms with van der Waals surface area (Å²) in [5.41, 5.74) is 2.65. The molecule has 4 N–H and O–H groups in total. The molecule has 0 saturated carbocycles. The monoisotopic (exact) mass is 255 g/mol. The van der Waals surface area contributed by atoms with Gasteiger partial charge in [0.15, 0.2) is 0 Å². The van der Waals surface area contributed by atoms with Gasteiger partial charge in [-0.05, 0) is 44.8 Å². The zero-order valence-electron chi connectivity index (χ0n) is 11.9. The summed E-state index contributed by atoms with van der Waals surface area (Å²) in [5.74, 6) is 6.91. The summed E-state index contributed by atoms with van der Waals surface area (Å²) in [6.45, 7) is 9.83. The van der Waals surface area contributed by atoms with Crippen LogP contribution in [0.2, 0.25) is 0 Å². The zero-order valence-corrected chi connectivity index (χ0v) is 11.9. The minimum Gasteiger partial charge on any atom is -0.355 e. The second-order valence-electron chi connectivity index (χ2n) is 4.99. The Kier molecular flexibility index (Phi) is 7.76. The van der Waals surface area contributed by atoms with Crippen molar-refractivity contribution in [2.24, 2.45) is 16.8 Å². The molecule has 0 aromatic rings. The Morgan fingerprint density at radius 2 is 2.06 bits per heavy atom. The van der Waals surface area contributed by atoms with E-state index < -0.39 is 0 Å². The number of piperidine rings is 1. The molecule has 0 aromatic carbocycles. The molecule has 0 bridgehead atoms. The standard InChI is InChI=1S/C13H29N5/c1-3-5-8-15-13(17-14)16-11-12-6-9-18(4-2)10-7-12/h12H,3-11,14H2,1-2H3,(H2,15,16,17). The third-order valence-electron chi connectivity index (χ3n) is 3.62. The highest BCUT2D eigenvalue weighted by atomic mass is 15.3. The van der Waals surface area contributed by atoms with Crippen LogP contribution in [-0.4, -0.2) is 43.6 Å². The summed E-state index contributed by atoms with van der Waals surface area (Å²) in [6, 6.07) is 0. The first kappa shape index (κ1) is 15.2. The van der Waals surface area contributed by atoms with E-state index in [2.05, 4.69) is 34.5 Å². The molecule has 5 nitrogen and oxygen atoms in total. The molecule has 1 saturated heterocycles. The second-order valence-corrected chi connectivity index (χ2v) is 4.99. The average molecular weight is 255 g/mol. The summed E-state index contributed by atoms with van der Waals surface area (Å²) < 4.78 is 0. The van der Waals surface area contributed by atoms with Gasteiger partial charge in [-0.3, -0.25) is 10.4 Å². The number of hydrazine groups is 1. The molecule has 0 unspecified atom stereocenters. The van der Waals surface area contributed by atoms with Crippen molar-refractivity contribution in [2.75, 3.05) is 32.7 Å². The van der Waals surface area contributed by atoms with Crippen molar-refractivity contribution < 1.29 is 0 Å². The molecule has 0 aliphatic carbocycles. The number of hydrogen-bond donors (Lipinski definition) is 3. The number of aliphatic imine (C=N–C) groups is 1. The minimum absolute atomic E-state index is 0.712. The smallest absolute Gasteiger partial charge is 0.205 e. The lowest BCUT2D eigenvalue weighted by atomic mass is 9.97. The first-order chi connectivity index (χ1) is 8.80. The summed E-state index contributed by atoms with van der Waals surface area (Å²) in [7, 11) is 0. The van der Waals surface area contributed by atoms with Gasteiger partial charge in [0, 0.05) is 13.1 Å². The maximum Gasteiger partial charge on any atom is 0.205 e. The van der Waals surface area contributed by atoms with Gasteiger partial charge in [0.1, 0.15) is 0 Å². The van der Waals surface area contributed by atoms with E-state index in [1.165, 1.54) is 38.9 Å². The maximum atomic E-state index is 5.46. The minimum atomic E-state index is 0.712. The van der Waals surface area contributed by atoms with Gasteiger partial charge >= 0.3 is 0 Å². The Morgan fingerprint density at radius 3 is 2.61 bits per heavy atom. The number of unbranched alkanes of at least 4 members (excludes halogenated alkanes) is 1. The number of nitrogens with two attached hydrogens (primary N) is 1. The Labute approximate surface area is 111 Å². The Bertz CT molecular complexity index is 234. The van der Waals surface area contributed by atoms with Gasteiger partial charge < -0.3 is 10.2 Å². The molecule has 0 amide bonds. The van der Waals surface area contributed by atoms with E-state index in [1.54, 1.807) is 0 Å². The highest BCUT2D eigenvalue weighted by Gasteiger charge is 2.17. The van der Waals surface area contributed by atoms with Crippen LogP contribution >= 0.6 is 0 Å². The molecule has 1 heterocycles. The van der Waals surface area contributed by atoms with Crippen molar-refractivity contribution in [3.63, 3.8) is 0 Å². The third-order valence-corrected chi connectivity index (χ3v) is 3.62. The lowest BCUT2D eigenvalue weighted by Crippen LogP contribution is -2.42. The van der Waals surface area contributed by atoms with Crippen LogP contribution in [0, 0.1) is 5.92 Å². The molecule has 0 radical (unpaired) electrons. The number of hydrogen-bond acceptors (Lipinski definition) is 3. The van der Waals surface area contributed by atoms with Crippen LogP contribution in [0.3, 0.4) is 0 Å². The van der Waals surface area contributed by atoms with Crippen molar-refractivity contribution in [1.82, 2.24) is 15.6 Å². The van der Waals surface area contributed by atoms with Crippen LogP contribution < -0.4 is 16.6 Å². The Morgan fingerprint density at radius 1 is 1.33 bits per heavy atom. The van der Waals surface area contributed by atoms with Gasteiger partial charge in [0.25, 0.3) is 0 Å². The Hall–Kier alpha value is -0.810. The van der Waals surface area contributed by atoms with E-state index in [0.29, 0.717) is 5.92 Å².